The summed E-state index contributed by atoms with van der Waals surface area (Å²) < 4.78 is 0. The van der Waals surface area contributed by atoms with Crippen LogP contribution in [0.25, 0.3) is 0 Å². The van der Waals surface area contributed by atoms with E-state index in [1.807, 2.05) is 0 Å². The fourth-order valence-corrected chi connectivity index (χ4v) is 3.34. The molecule has 0 aromatic heterocycles. The quantitative estimate of drug-likeness (QED) is 0.226. The highest BCUT2D eigenvalue weighted by molar-refractivity contribution is 8.76. The van der Waals surface area contributed by atoms with Crippen LogP contribution in [0, 0.1) is 0 Å². The third kappa shape index (κ3) is 15.4. The molecular weight excluding hydrogens is 328 g/mol. The van der Waals surface area contributed by atoms with E-state index in [0.717, 1.165) is 24.3 Å². The Morgan fingerprint density at radius 1 is 0.818 bits per heavy atom. The van der Waals surface area contributed by atoms with Crippen LogP contribution in [0.5, 0.6) is 0 Å². The first-order chi connectivity index (χ1) is 10.4. The minimum atomic E-state index is -1.02. The standard InChI is InChI=1S/C14H22O6S2/c15-11(9-13(17)18)5-1-3-7-21-22-8-4-2-6-12(16)10-14(19)20/h1-2,5-6,11-12,15-16H,3-4,7-10H2,(H,17,18)(H,19,20)/b5-1+,6-2+. The summed E-state index contributed by atoms with van der Waals surface area (Å²) in [7, 11) is 3.33. The van der Waals surface area contributed by atoms with Gasteiger partial charge in [-0.2, -0.15) is 0 Å². The molecule has 0 spiro atoms. The fourth-order valence-electron chi connectivity index (χ4n) is 1.35. The number of rotatable bonds is 13. The average molecular weight is 350 g/mol. The number of hydrogen-bond acceptors (Lipinski definition) is 6. The van der Waals surface area contributed by atoms with Crippen molar-refractivity contribution in [2.75, 3.05) is 11.5 Å². The summed E-state index contributed by atoms with van der Waals surface area (Å²) in [5, 5.41) is 35.5. The molecule has 0 heterocycles. The molecule has 0 rings (SSSR count). The topological polar surface area (TPSA) is 115 Å². The second-order valence-electron chi connectivity index (χ2n) is 4.41. The van der Waals surface area contributed by atoms with E-state index in [0.29, 0.717) is 0 Å². The average Bonchev–Trinajstić information content (AvgIpc) is 2.39. The molecule has 0 bridgehead atoms. The Labute approximate surface area is 137 Å². The maximum atomic E-state index is 10.3. The molecule has 2 atom stereocenters. The molecule has 0 fully saturated rings. The predicted octanol–water partition coefficient (Wildman–Crippen LogP) is 1.93. The van der Waals surface area contributed by atoms with E-state index in [9.17, 15) is 19.8 Å². The molecule has 6 nitrogen and oxygen atoms in total. The Balaban J connectivity index is 3.47. The van der Waals surface area contributed by atoms with Crippen molar-refractivity contribution in [2.24, 2.45) is 0 Å². The van der Waals surface area contributed by atoms with Crippen LogP contribution in [0.1, 0.15) is 25.7 Å². The summed E-state index contributed by atoms with van der Waals surface area (Å²) in [6.07, 6.45) is 5.60. The molecule has 0 saturated heterocycles. The predicted molar refractivity (Wildman–Crippen MR) is 88.9 cm³/mol. The molecule has 0 aliphatic heterocycles. The number of carboxylic acids is 2. The first-order valence-corrected chi connectivity index (χ1v) is 9.28. The highest BCUT2D eigenvalue weighted by Gasteiger charge is 2.05. The highest BCUT2D eigenvalue weighted by Crippen LogP contribution is 2.23. The molecule has 0 aromatic carbocycles. The van der Waals surface area contributed by atoms with Gasteiger partial charge in [0.05, 0.1) is 25.0 Å². The zero-order valence-corrected chi connectivity index (χ0v) is 13.8. The maximum absolute atomic E-state index is 10.3. The van der Waals surface area contributed by atoms with E-state index in [2.05, 4.69) is 0 Å². The van der Waals surface area contributed by atoms with E-state index < -0.39 is 24.1 Å². The maximum Gasteiger partial charge on any atom is 0.306 e. The Bertz CT molecular complexity index is 348. The fraction of sp³-hybridized carbons (Fsp3) is 0.571. The molecule has 0 saturated carbocycles. The number of carboxylic acid groups (broad SMARTS) is 2. The Kier molecular flexibility index (Phi) is 13.1. The van der Waals surface area contributed by atoms with Crippen LogP contribution in [-0.2, 0) is 9.59 Å². The molecule has 2 unspecified atom stereocenters. The molecule has 0 radical (unpaired) electrons. The van der Waals surface area contributed by atoms with Crippen LogP contribution in [0.4, 0.5) is 0 Å². The second kappa shape index (κ2) is 13.7. The van der Waals surface area contributed by atoms with Crippen LogP contribution < -0.4 is 0 Å². The van der Waals surface area contributed by atoms with Crippen molar-refractivity contribution >= 4 is 33.5 Å². The largest absolute Gasteiger partial charge is 0.481 e. The van der Waals surface area contributed by atoms with Gasteiger partial charge < -0.3 is 20.4 Å². The van der Waals surface area contributed by atoms with Crippen LogP contribution in [0.2, 0.25) is 0 Å². The van der Waals surface area contributed by atoms with Gasteiger partial charge in [-0.25, -0.2) is 0 Å². The van der Waals surface area contributed by atoms with E-state index in [4.69, 9.17) is 10.2 Å². The number of aliphatic carboxylic acids is 2. The van der Waals surface area contributed by atoms with Gasteiger partial charge in [0.25, 0.3) is 0 Å². The van der Waals surface area contributed by atoms with Gasteiger partial charge in [0.2, 0.25) is 0 Å². The smallest absolute Gasteiger partial charge is 0.306 e. The molecule has 8 heteroatoms. The monoisotopic (exact) mass is 350 g/mol. The Hall–Kier alpha value is -0.960. The van der Waals surface area contributed by atoms with Crippen molar-refractivity contribution in [3.05, 3.63) is 24.3 Å². The van der Waals surface area contributed by atoms with Crippen LogP contribution >= 0.6 is 21.6 Å². The molecule has 0 aromatic rings. The number of carbonyl (C=O) groups is 2. The van der Waals surface area contributed by atoms with E-state index >= 15 is 0 Å². The first-order valence-electron chi connectivity index (χ1n) is 6.79. The van der Waals surface area contributed by atoms with Crippen molar-refractivity contribution in [3.8, 4) is 0 Å². The van der Waals surface area contributed by atoms with Crippen LogP contribution in [0.15, 0.2) is 24.3 Å². The van der Waals surface area contributed by atoms with Gasteiger partial charge in [-0.1, -0.05) is 45.9 Å². The summed E-state index contributed by atoms with van der Waals surface area (Å²) in [6, 6.07) is 0. The minimum Gasteiger partial charge on any atom is -0.481 e. The number of allylic oxidation sites excluding steroid dienone is 2. The lowest BCUT2D eigenvalue weighted by Gasteiger charge is -2.01. The zero-order chi connectivity index (χ0) is 16.8. The molecule has 4 N–H and O–H groups in total. The van der Waals surface area contributed by atoms with Gasteiger partial charge in [-0.3, -0.25) is 9.59 Å². The normalized spacial score (nSPS) is 14.5. The van der Waals surface area contributed by atoms with Gasteiger partial charge in [-0.05, 0) is 12.8 Å². The number of aliphatic hydroxyl groups excluding tert-OH is 2. The number of hydrogen-bond donors (Lipinski definition) is 4. The summed E-state index contributed by atoms with van der Waals surface area (Å²) in [5.41, 5.74) is 0. The van der Waals surface area contributed by atoms with Gasteiger partial charge in [0.15, 0.2) is 0 Å². The molecular formula is C14H22O6S2. The van der Waals surface area contributed by atoms with Gasteiger partial charge in [0, 0.05) is 11.5 Å². The zero-order valence-electron chi connectivity index (χ0n) is 12.1. The second-order valence-corrected chi connectivity index (χ2v) is 7.11. The minimum absolute atomic E-state index is 0.279. The van der Waals surface area contributed by atoms with Gasteiger partial charge in [0.1, 0.15) is 0 Å². The molecule has 0 aliphatic rings. The van der Waals surface area contributed by atoms with Crippen molar-refractivity contribution in [2.45, 2.75) is 37.9 Å². The van der Waals surface area contributed by atoms with Crippen LogP contribution in [-0.4, -0.2) is 56.1 Å². The lowest BCUT2D eigenvalue weighted by Crippen LogP contribution is -2.09. The van der Waals surface area contributed by atoms with E-state index in [1.54, 1.807) is 33.7 Å². The summed E-state index contributed by atoms with van der Waals surface area (Å²) in [6.45, 7) is 0. The van der Waals surface area contributed by atoms with Gasteiger partial charge in [-0.15, -0.1) is 0 Å². The van der Waals surface area contributed by atoms with Crippen molar-refractivity contribution in [3.63, 3.8) is 0 Å². The molecule has 0 aliphatic carbocycles. The van der Waals surface area contributed by atoms with Crippen LogP contribution in [0.3, 0.4) is 0 Å². The Morgan fingerprint density at radius 3 is 1.50 bits per heavy atom. The lowest BCUT2D eigenvalue weighted by atomic mass is 10.2. The third-order valence-electron chi connectivity index (χ3n) is 2.30. The van der Waals surface area contributed by atoms with E-state index in [1.165, 1.54) is 12.2 Å². The lowest BCUT2D eigenvalue weighted by molar-refractivity contribution is -0.139. The molecule has 22 heavy (non-hydrogen) atoms. The molecule has 0 amide bonds. The Morgan fingerprint density at radius 2 is 1.18 bits per heavy atom. The summed E-state index contributed by atoms with van der Waals surface area (Å²) in [5.74, 6) is -0.342. The molecule has 126 valence electrons. The SMILES string of the molecule is O=C(O)CC(O)/C=C/CCSSCC/C=C/C(O)CC(=O)O. The third-order valence-corrected chi connectivity index (χ3v) is 4.77. The van der Waals surface area contributed by atoms with Crippen molar-refractivity contribution in [1.29, 1.82) is 0 Å². The van der Waals surface area contributed by atoms with Crippen molar-refractivity contribution in [1.82, 2.24) is 0 Å². The summed E-state index contributed by atoms with van der Waals surface area (Å²) in [4.78, 5) is 20.6. The summed E-state index contributed by atoms with van der Waals surface area (Å²) >= 11 is 0. The van der Waals surface area contributed by atoms with E-state index in [-0.39, 0.29) is 12.8 Å². The van der Waals surface area contributed by atoms with Gasteiger partial charge >= 0.3 is 11.9 Å². The highest BCUT2D eigenvalue weighted by atomic mass is 33.1. The van der Waals surface area contributed by atoms with Crippen molar-refractivity contribution < 1.29 is 30.0 Å². The number of aliphatic hydroxyl groups is 2. The first kappa shape index (κ1) is 21.0.